The molecule has 0 aliphatic rings. The molecule has 3 heteroatoms. The number of benzene rings is 2. The molecule has 24 heavy (non-hydrogen) atoms. The van der Waals surface area contributed by atoms with E-state index in [1.165, 1.54) is 5.56 Å². The summed E-state index contributed by atoms with van der Waals surface area (Å²) < 4.78 is 0. The van der Waals surface area contributed by atoms with Crippen LogP contribution in [0, 0.1) is 0 Å². The van der Waals surface area contributed by atoms with Crippen LogP contribution in [0.3, 0.4) is 0 Å². The van der Waals surface area contributed by atoms with Crippen LogP contribution in [-0.2, 0) is 6.54 Å². The molecule has 1 N–H and O–H groups in total. The quantitative estimate of drug-likeness (QED) is 0.719. The molecule has 0 radical (unpaired) electrons. The highest BCUT2D eigenvalue weighted by atomic mass is 14.9. The van der Waals surface area contributed by atoms with Gasteiger partial charge in [-0.15, -0.1) is 0 Å². The van der Waals surface area contributed by atoms with Crippen LogP contribution in [0.2, 0.25) is 0 Å². The van der Waals surface area contributed by atoms with E-state index in [1.54, 1.807) is 0 Å². The number of hydrogen-bond donors (Lipinski definition) is 1. The predicted molar refractivity (Wildman–Crippen MR) is 106 cm³/mol. The van der Waals surface area contributed by atoms with Gasteiger partial charge in [-0.25, -0.2) is 0 Å². The lowest BCUT2D eigenvalue weighted by atomic mass is 10.1. The summed E-state index contributed by atoms with van der Waals surface area (Å²) >= 11 is 0. The Labute approximate surface area is 145 Å². The second-order valence-electron chi connectivity index (χ2n) is 6.47. The van der Waals surface area contributed by atoms with Crippen LogP contribution >= 0.6 is 0 Å². The van der Waals surface area contributed by atoms with E-state index in [0.29, 0.717) is 12.1 Å². The van der Waals surface area contributed by atoms with Crippen molar-refractivity contribution in [3.8, 4) is 0 Å². The molecule has 0 saturated carbocycles. The van der Waals surface area contributed by atoms with Gasteiger partial charge in [-0.05, 0) is 62.6 Å². The fourth-order valence-electron chi connectivity index (χ4n) is 2.20. The van der Waals surface area contributed by atoms with Crippen molar-refractivity contribution >= 4 is 18.1 Å². The van der Waals surface area contributed by atoms with Crippen LogP contribution in [0.4, 0.5) is 5.69 Å². The molecule has 0 saturated heterocycles. The maximum Gasteiger partial charge on any atom is 0.0443 e. The fraction of sp³-hybridized carbons (Fsp3) is 0.333. The molecule has 0 heterocycles. The fourth-order valence-corrected chi connectivity index (χ4v) is 2.20. The Bertz CT molecular complexity index is 649. The van der Waals surface area contributed by atoms with Gasteiger partial charge in [0.05, 0.1) is 0 Å². The van der Waals surface area contributed by atoms with Crippen LogP contribution in [-0.4, -0.2) is 24.5 Å². The highest BCUT2D eigenvalue weighted by Gasteiger charge is 2.00. The molecule has 0 aromatic heterocycles. The van der Waals surface area contributed by atoms with E-state index in [2.05, 4.69) is 85.5 Å². The van der Waals surface area contributed by atoms with Gasteiger partial charge in [0, 0.05) is 36.7 Å². The Morgan fingerprint density at radius 1 is 0.833 bits per heavy atom. The summed E-state index contributed by atoms with van der Waals surface area (Å²) in [5.41, 5.74) is 4.52. The van der Waals surface area contributed by atoms with Crippen molar-refractivity contribution in [2.75, 3.05) is 5.32 Å². The second-order valence-corrected chi connectivity index (χ2v) is 6.47. The molecule has 0 atom stereocenters. The van der Waals surface area contributed by atoms with Gasteiger partial charge in [-0.2, -0.15) is 0 Å². The first-order valence-corrected chi connectivity index (χ1v) is 8.52. The molecule has 0 bridgehead atoms. The number of nitrogens with zero attached hydrogens (tertiary/aromatic N) is 2. The van der Waals surface area contributed by atoms with Crippen molar-refractivity contribution in [2.45, 2.75) is 46.3 Å². The molecule has 0 amide bonds. The van der Waals surface area contributed by atoms with Crippen molar-refractivity contribution in [3.63, 3.8) is 0 Å². The zero-order valence-electron chi connectivity index (χ0n) is 15.0. The molecular formula is C21H27N3. The molecule has 0 aliphatic carbocycles. The van der Waals surface area contributed by atoms with Gasteiger partial charge in [-0.1, -0.05) is 30.3 Å². The van der Waals surface area contributed by atoms with Crippen LogP contribution in [0.25, 0.3) is 0 Å². The van der Waals surface area contributed by atoms with Crippen LogP contribution in [0.5, 0.6) is 0 Å². The average Bonchev–Trinajstić information content (AvgIpc) is 2.57. The van der Waals surface area contributed by atoms with E-state index in [1.807, 2.05) is 18.5 Å². The first-order valence-electron chi connectivity index (χ1n) is 8.52. The maximum absolute atomic E-state index is 4.49. The van der Waals surface area contributed by atoms with Gasteiger partial charge in [-0.3, -0.25) is 9.98 Å². The monoisotopic (exact) mass is 321 g/mol. The van der Waals surface area contributed by atoms with Crippen LogP contribution < -0.4 is 5.32 Å². The lowest BCUT2D eigenvalue weighted by Crippen LogP contribution is -2.01. The first-order chi connectivity index (χ1) is 11.5. The van der Waals surface area contributed by atoms with E-state index in [0.717, 1.165) is 23.4 Å². The van der Waals surface area contributed by atoms with Gasteiger partial charge in [0.25, 0.3) is 0 Å². The molecule has 2 aromatic carbocycles. The van der Waals surface area contributed by atoms with E-state index in [9.17, 15) is 0 Å². The van der Waals surface area contributed by atoms with Gasteiger partial charge in [0.2, 0.25) is 0 Å². The molecule has 0 spiro atoms. The van der Waals surface area contributed by atoms with Crippen molar-refractivity contribution in [1.29, 1.82) is 0 Å². The Kier molecular flexibility index (Phi) is 6.74. The molecular weight excluding hydrogens is 294 g/mol. The minimum Gasteiger partial charge on any atom is -0.381 e. The molecule has 126 valence electrons. The third-order valence-electron chi connectivity index (χ3n) is 3.36. The largest absolute Gasteiger partial charge is 0.381 e. The SMILES string of the molecule is CC(C)N=Cc1cc(C=NC(C)C)cc(NCc2ccccc2)c1. The Balaban J connectivity index is 2.21. The maximum atomic E-state index is 4.49. The standard InChI is InChI=1S/C21H27N3/c1-16(2)22-14-19-10-20(15-23-17(3)4)12-21(11-19)24-13-18-8-6-5-7-9-18/h5-12,14-17,24H,13H2,1-4H3. The third-order valence-corrected chi connectivity index (χ3v) is 3.36. The van der Waals surface area contributed by atoms with Crippen LogP contribution in [0.1, 0.15) is 44.4 Å². The van der Waals surface area contributed by atoms with Gasteiger partial charge in [0.15, 0.2) is 0 Å². The Morgan fingerprint density at radius 2 is 1.38 bits per heavy atom. The zero-order chi connectivity index (χ0) is 17.4. The van der Waals surface area contributed by atoms with Gasteiger partial charge < -0.3 is 5.32 Å². The summed E-state index contributed by atoms with van der Waals surface area (Å²) in [4.78, 5) is 8.99. The van der Waals surface area contributed by atoms with E-state index in [4.69, 9.17) is 0 Å². The predicted octanol–water partition coefficient (Wildman–Crippen LogP) is 4.95. The molecule has 0 fully saturated rings. The molecule has 0 unspecified atom stereocenters. The lowest BCUT2D eigenvalue weighted by Gasteiger charge is -2.09. The molecule has 0 aliphatic heterocycles. The minimum absolute atomic E-state index is 0.290. The van der Waals surface area contributed by atoms with Crippen molar-refractivity contribution < 1.29 is 0 Å². The van der Waals surface area contributed by atoms with Gasteiger partial charge in [0.1, 0.15) is 0 Å². The third kappa shape index (κ3) is 6.37. The van der Waals surface area contributed by atoms with Gasteiger partial charge >= 0.3 is 0 Å². The van der Waals surface area contributed by atoms with E-state index in [-0.39, 0.29) is 0 Å². The zero-order valence-corrected chi connectivity index (χ0v) is 15.0. The summed E-state index contributed by atoms with van der Waals surface area (Å²) in [5, 5.41) is 3.49. The molecule has 2 rings (SSSR count). The number of rotatable bonds is 7. The average molecular weight is 321 g/mol. The lowest BCUT2D eigenvalue weighted by molar-refractivity contribution is 0.841. The summed E-state index contributed by atoms with van der Waals surface area (Å²) in [6.07, 6.45) is 3.87. The smallest absolute Gasteiger partial charge is 0.0443 e. The van der Waals surface area contributed by atoms with E-state index >= 15 is 0 Å². The summed E-state index contributed by atoms with van der Waals surface area (Å²) in [7, 11) is 0. The Morgan fingerprint density at radius 3 is 1.88 bits per heavy atom. The summed E-state index contributed by atoms with van der Waals surface area (Å²) in [5.74, 6) is 0. The first kappa shape index (κ1) is 17.9. The topological polar surface area (TPSA) is 36.8 Å². The number of anilines is 1. The molecule has 3 nitrogen and oxygen atoms in total. The number of hydrogen-bond acceptors (Lipinski definition) is 3. The van der Waals surface area contributed by atoms with Crippen molar-refractivity contribution in [2.24, 2.45) is 9.98 Å². The highest BCUT2D eigenvalue weighted by molar-refractivity contribution is 5.88. The molecule has 2 aromatic rings. The normalized spacial score (nSPS) is 11.9. The van der Waals surface area contributed by atoms with Crippen molar-refractivity contribution in [3.05, 3.63) is 65.2 Å². The summed E-state index contributed by atoms with van der Waals surface area (Å²) in [6, 6.07) is 17.3. The Hall–Kier alpha value is -2.42. The van der Waals surface area contributed by atoms with E-state index < -0.39 is 0 Å². The van der Waals surface area contributed by atoms with Crippen molar-refractivity contribution in [1.82, 2.24) is 0 Å². The second kappa shape index (κ2) is 9.02. The number of aliphatic imine (C=N–C) groups is 2. The summed E-state index contributed by atoms with van der Waals surface area (Å²) in [6.45, 7) is 9.11. The highest BCUT2D eigenvalue weighted by Crippen LogP contribution is 2.15. The van der Waals surface area contributed by atoms with Crippen LogP contribution in [0.15, 0.2) is 58.5 Å². The minimum atomic E-state index is 0.290. The number of nitrogens with one attached hydrogen (secondary N) is 1.